The third kappa shape index (κ3) is 1.70. The number of H-pyrrole nitrogens is 1. The summed E-state index contributed by atoms with van der Waals surface area (Å²) in [6, 6.07) is 5.88. The monoisotopic (exact) mass is 218 g/mol. The number of hydrogen-bond acceptors (Lipinski definition) is 4. The molecular formula is C11H10N2O3. The summed E-state index contributed by atoms with van der Waals surface area (Å²) in [7, 11) is 0. The Balaban J connectivity index is 2.54. The van der Waals surface area contributed by atoms with Gasteiger partial charge in [0.1, 0.15) is 0 Å². The van der Waals surface area contributed by atoms with Gasteiger partial charge in [0.25, 0.3) is 5.56 Å². The fourth-order valence-corrected chi connectivity index (χ4v) is 1.37. The number of aromatic amines is 1. The number of anilines is 1. The van der Waals surface area contributed by atoms with Gasteiger partial charge in [0, 0.05) is 11.8 Å². The number of phenolic OH excluding ortho intramolecular Hbond substituents is 2. The zero-order valence-corrected chi connectivity index (χ0v) is 8.27. The van der Waals surface area contributed by atoms with Gasteiger partial charge in [0.15, 0.2) is 11.5 Å². The van der Waals surface area contributed by atoms with Crippen LogP contribution in [0, 0.1) is 0 Å². The number of phenols is 2. The lowest BCUT2D eigenvalue weighted by Gasteiger charge is -2.04. The van der Waals surface area contributed by atoms with Crippen LogP contribution >= 0.6 is 0 Å². The molecule has 0 aliphatic carbocycles. The van der Waals surface area contributed by atoms with E-state index in [2.05, 4.69) is 4.98 Å². The first-order chi connectivity index (χ1) is 7.58. The molecule has 16 heavy (non-hydrogen) atoms. The van der Waals surface area contributed by atoms with E-state index in [-0.39, 0.29) is 22.7 Å². The van der Waals surface area contributed by atoms with Crippen molar-refractivity contribution in [1.29, 1.82) is 0 Å². The van der Waals surface area contributed by atoms with Crippen molar-refractivity contribution in [1.82, 2.24) is 4.98 Å². The summed E-state index contributed by atoms with van der Waals surface area (Å²) in [5.74, 6) is -0.414. The number of aromatic nitrogens is 1. The van der Waals surface area contributed by atoms with Gasteiger partial charge in [-0.05, 0) is 23.8 Å². The van der Waals surface area contributed by atoms with Crippen LogP contribution in [0.2, 0.25) is 0 Å². The van der Waals surface area contributed by atoms with Crippen molar-refractivity contribution in [2.45, 2.75) is 0 Å². The van der Waals surface area contributed by atoms with Gasteiger partial charge < -0.3 is 20.9 Å². The molecule has 0 amide bonds. The number of nitrogens with two attached hydrogens (primary N) is 1. The maximum Gasteiger partial charge on any atom is 0.271 e. The second-order valence-corrected chi connectivity index (χ2v) is 3.38. The molecular weight excluding hydrogens is 208 g/mol. The van der Waals surface area contributed by atoms with Crippen molar-refractivity contribution in [3.8, 4) is 22.6 Å². The fraction of sp³-hybridized carbons (Fsp3) is 0. The van der Waals surface area contributed by atoms with Crippen LogP contribution < -0.4 is 11.3 Å². The summed E-state index contributed by atoms with van der Waals surface area (Å²) in [5.41, 5.74) is 6.53. The van der Waals surface area contributed by atoms with Crippen molar-refractivity contribution >= 4 is 5.69 Å². The van der Waals surface area contributed by atoms with Gasteiger partial charge >= 0.3 is 0 Å². The standard InChI is InChI=1S/C11H10N2O3/c12-8-3-7(5-13-11(8)16)6-1-2-9(14)10(15)4-6/h1-5,14-15H,12H2,(H,13,16). The highest BCUT2D eigenvalue weighted by molar-refractivity contribution is 5.68. The first kappa shape index (κ1) is 10.1. The van der Waals surface area contributed by atoms with Crippen LogP contribution in [-0.2, 0) is 0 Å². The molecule has 0 saturated carbocycles. The molecule has 5 nitrogen and oxygen atoms in total. The van der Waals surface area contributed by atoms with Gasteiger partial charge in [-0.1, -0.05) is 6.07 Å². The van der Waals surface area contributed by atoms with E-state index in [4.69, 9.17) is 10.8 Å². The Labute approximate surface area is 90.8 Å². The average Bonchev–Trinajstić information content (AvgIpc) is 2.26. The molecule has 5 N–H and O–H groups in total. The zero-order chi connectivity index (χ0) is 11.7. The fourth-order valence-electron chi connectivity index (χ4n) is 1.37. The Morgan fingerprint density at radius 1 is 1.06 bits per heavy atom. The maximum atomic E-state index is 11.1. The molecule has 0 bridgehead atoms. The number of nitrogens with one attached hydrogen (secondary N) is 1. The molecule has 0 spiro atoms. The molecule has 1 heterocycles. The van der Waals surface area contributed by atoms with Gasteiger partial charge in [-0.2, -0.15) is 0 Å². The molecule has 82 valence electrons. The van der Waals surface area contributed by atoms with Crippen LogP contribution in [0.25, 0.3) is 11.1 Å². The van der Waals surface area contributed by atoms with E-state index in [1.54, 1.807) is 6.07 Å². The molecule has 2 rings (SSSR count). The summed E-state index contributed by atoms with van der Waals surface area (Å²) in [6.07, 6.45) is 1.49. The summed E-state index contributed by atoms with van der Waals surface area (Å²) in [6.45, 7) is 0. The lowest BCUT2D eigenvalue weighted by molar-refractivity contribution is 0.404. The lowest BCUT2D eigenvalue weighted by atomic mass is 10.1. The third-order valence-corrected chi connectivity index (χ3v) is 2.24. The topological polar surface area (TPSA) is 99.3 Å². The predicted molar refractivity (Wildman–Crippen MR) is 60.2 cm³/mol. The minimum atomic E-state index is -0.355. The number of benzene rings is 1. The second kappa shape index (κ2) is 3.62. The van der Waals surface area contributed by atoms with Crippen LogP contribution in [0.1, 0.15) is 0 Å². The highest BCUT2D eigenvalue weighted by Crippen LogP contribution is 2.30. The number of rotatable bonds is 1. The van der Waals surface area contributed by atoms with Crippen molar-refractivity contribution in [2.24, 2.45) is 0 Å². The molecule has 5 heteroatoms. The Morgan fingerprint density at radius 2 is 1.81 bits per heavy atom. The van der Waals surface area contributed by atoms with E-state index in [9.17, 15) is 9.90 Å². The molecule has 2 aromatic rings. The summed E-state index contributed by atoms with van der Waals surface area (Å²) >= 11 is 0. The van der Waals surface area contributed by atoms with Crippen LogP contribution in [-0.4, -0.2) is 15.2 Å². The van der Waals surface area contributed by atoms with E-state index in [1.807, 2.05) is 0 Å². The SMILES string of the molecule is Nc1cc(-c2ccc(O)c(O)c2)c[nH]c1=O. The van der Waals surface area contributed by atoms with Crippen molar-refractivity contribution < 1.29 is 10.2 Å². The zero-order valence-electron chi connectivity index (χ0n) is 8.27. The van der Waals surface area contributed by atoms with Gasteiger partial charge in [-0.3, -0.25) is 4.79 Å². The second-order valence-electron chi connectivity index (χ2n) is 3.38. The molecule has 0 radical (unpaired) electrons. The summed E-state index contributed by atoms with van der Waals surface area (Å²) in [5, 5.41) is 18.5. The third-order valence-electron chi connectivity index (χ3n) is 2.24. The molecule has 0 fully saturated rings. The molecule has 0 aliphatic rings. The summed E-state index contributed by atoms with van der Waals surface area (Å²) < 4.78 is 0. The average molecular weight is 218 g/mol. The smallest absolute Gasteiger partial charge is 0.271 e. The van der Waals surface area contributed by atoms with Gasteiger partial charge in [0.2, 0.25) is 0 Å². The van der Waals surface area contributed by atoms with E-state index >= 15 is 0 Å². The van der Waals surface area contributed by atoms with Crippen LogP contribution in [0.5, 0.6) is 11.5 Å². The maximum absolute atomic E-state index is 11.1. The molecule has 0 saturated heterocycles. The molecule has 1 aromatic carbocycles. The van der Waals surface area contributed by atoms with E-state index in [0.717, 1.165) is 0 Å². The lowest BCUT2D eigenvalue weighted by Crippen LogP contribution is -2.10. The van der Waals surface area contributed by atoms with Crippen molar-refractivity contribution in [3.63, 3.8) is 0 Å². The van der Waals surface area contributed by atoms with Crippen molar-refractivity contribution in [3.05, 3.63) is 40.8 Å². The highest BCUT2D eigenvalue weighted by Gasteiger charge is 2.04. The van der Waals surface area contributed by atoms with Gasteiger partial charge in [-0.25, -0.2) is 0 Å². The van der Waals surface area contributed by atoms with Crippen LogP contribution in [0.3, 0.4) is 0 Å². The van der Waals surface area contributed by atoms with E-state index in [1.165, 1.54) is 24.4 Å². The van der Waals surface area contributed by atoms with Crippen LogP contribution in [0.4, 0.5) is 5.69 Å². The number of hydrogen-bond donors (Lipinski definition) is 4. The minimum Gasteiger partial charge on any atom is -0.504 e. The van der Waals surface area contributed by atoms with Gasteiger partial charge in [-0.15, -0.1) is 0 Å². The number of nitrogen functional groups attached to an aromatic ring is 1. The molecule has 0 atom stereocenters. The number of pyridine rings is 1. The molecule has 0 unspecified atom stereocenters. The van der Waals surface area contributed by atoms with Crippen LogP contribution in [0.15, 0.2) is 35.3 Å². The summed E-state index contributed by atoms with van der Waals surface area (Å²) in [4.78, 5) is 13.5. The largest absolute Gasteiger partial charge is 0.504 e. The quantitative estimate of drug-likeness (QED) is 0.537. The first-order valence-corrected chi connectivity index (χ1v) is 4.58. The predicted octanol–water partition coefficient (Wildman–Crippen LogP) is 1.04. The van der Waals surface area contributed by atoms with E-state index < -0.39 is 0 Å². The highest BCUT2D eigenvalue weighted by atomic mass is 16.3. The first-order valence-electron chi connectivity index (χ1n) is 4.58. The van der Waals surface area contributed by atoms with Gasteiger partial charge in [0.05, 0.1) is 5.69 Å². The Hall–Kier alpha value is -2.43. The minimum absolute atomic E-state index is 0.102. The van der Waals surface area contributed by atoms with Crippen molar-refractivity contribution in [2.75, 3.05) is 5.73 Å². The van der Waals surface area contributed by atoms with E-state index in [0.29, 0.717) is 11.1 Å². The number of aromatic hydroxyl groups is 2. The Bertz CT molecular complexity index is 590. The Morgan fingerprint density at radius 3 is 2.44 bits per heavy atom. The molecule has 1 aromatic heterocycles. The normalized spacial score (nSPS) is 10.2. The molecule has 0 aliphatic heterocycles. The Kier molecular flexibility index (Phi) is 2.28.